The monoisotopic (exact) mass is 339 g/mol. The summed E-state index contributed by atoms with van der Waals surface area (Å²) in [7, 11) is 0. The van der Waals surface area contributed by atoms with Gasteiger partial charge < -0.3 is 5.32 Å². The molecule has 0 aliphatic heterocycles. The number of halogens is 2. The van der Waals surface area contributed by atoms with Gasteiger partial charge in [0, 0.05) is 6.54 Å². The maximum absolute atomic E-state index is 13.5. The Morgan fingerprint density at radius 1 is 1.40 bits per heavy atom. The van der Waals surface area contributed by atoms with Crippen molar-refractivity contribution in [3.63, 3.8) is 0 Å². The molecule has 0 aliphatic carbocycles. The fourth-order valence-corrected chi connectivity index (χ4v) is 2.86. The minimum absolute atomic E-state index is 0.00359. The third-order valence-corrected chi connectivity index (χ3v) is 3.94. The van der Waals surface area contributed by atoms with Gasteiger partial charge in [-0.25, -0.2) is 4.39 Å². The van der Waals surface area contributed by atoms with Gasteiger partial charge in [0.25, 0.3) is 0 Å². The molecule has 1 heterocycles. The summed E-state index contributed by atoms with van der Waals surface area (Å²) < 4.78 is 16.4. The van der Waals surface area contributed by atoms with Crippen LogP contribution in [-0.2, 0) is 6.54 Å². The van der Waals surface area contributed by atoms with Gasteiger partial charge in [-0.05, 0) is 53.5 Å². The first kappa shape index (κ1) is 15.2. The summed E-state index contributed by atoms with van der Waals surface area (Å²) >= 11 is 3.56. The van der Waals surface area contributed by atoms with Crippen molar-refractivity contribution >= 4 is 15.9 Å². The lowest BCUT2D eigenvalue weighted by Crippen LogP contribution is -2.25. The van der Waals surface area contributed by atoms with Crippen LogP contribution in [0.2, 0.25) is 0 Å². The molecule has 0 saturated carbocycles. The Labute approximate surface area is 127 Å². The van der Waals surface area contributed by atoms with Crippen LogP contribution in [0.1, 0.15) is 36.7 Å². The van der Waals surface area contributed by atoms with Crippen LogP contribution in [0.15, 0.2) is 28.9 Å². The Morgan fingerprint density at radius 3 is 2.75 bits per heavy atom. The summed E-state index contributed by atoms with van der Waals surface area (Å²) in [6.07, 6.45) is 1.81. The van der Waals surface area contributed by atoms with E-state index in [1.807, 2.05) is 16.8 Å². The summed E-state index contributed by atoms with van der Waals surface area (Å²) in [5, 5.41) is 7.81. The first-order valence-corrected chi connectivity index (χ1v) is 7.58. The predicted octanol–water partition coefficient (Wildman–Crippen LogP) is 3.81. The zero-order valence-electron chi connectivity index (χ0n) is 12.0. The van der Waals surface area contributed by atoms with Crippen LogP contribution in [0.5, 0.6) is 0 Å². The highest BCUT2D eigenvalue weighted by Gasteiger charge is 2.21. The van der Waals surface area contributed by atoms with Gasteiger partial charge in [-0.3, -0.25) is 4.68 Å². The maximum Gasteiger partial charge on any atom is 0.126 e. The molecule has 1 N–H and O–H groups in total. The fraction of sp³-hybridized carbons (Fsp3) is 0.400. The van der Waals surface area contributed by atoms with E-state index in [4.69, 9.17) is 0 Å². The lowest BCUT2D eigenvalue weighted by Gasteiger charge is -2.21. The van der Waals surface area contributed by atoms with Crippen molar-refractivity contribution < 1.29 is 4.39 Å². The van der Waals surface area contributed by atoms with E-state index in [0.717, 1.165) is 28.8 Å². The zero-order valence-corrected chi connectivity index (χ0v) is 13.5. The van der Waals surface area contributed by atoms with Gasteiger partial charge in [0.15, 0.2) is 0 Å². The van der Waals surface area contributed by atoms with Crippen LogP contribution >= 0.6 is 15.9 Å². The van der Waals surface area contributed by atoms with Crippen LogP contribution in [0.25, 0.3) is 0 Å². The van der Waals surface area contributed by atoms with Crippen molar-refractivity contribution in [2.75, 3.05) is 6.54 Å². The second-order valence-corrected chi connectivity index (χ2v) is 5.55. The molecule has 0 aliphatic rings. The van der Waals surface area contributed by atoms with Crippen molar-refractivity contribution in [3.8, 4) is 0 Å². The Kier molecular flexibility index (Phi) is 4.94. The Morgan fingerprint density at radius 2 is 2.15 bits per heavy atom. The van der Waals surface area contributed by atoms with Crippen LogP contribution in [0.3, 0.4) is 0 Å². The van der Waals surface area contributed by atoms with E-state index in [1.54, 1.807) is 13.1 Å². The van der Waals surface area contributed by atoms with E-state index in [1.165, 1.54) is 6.07 Å². The number of benzene rings is 1. The molecular weight excluding hydrogens is 321 g/mol. The van der Waals surface area contributed by atoms with E-state index >= 15 is 0 Å². The van der Waals surface area contributed by atoms with Gasteiger partial charge >= 0.3 is 0 Å². The number of aryl methyl sites for hydroxylation is 2. The van der Waals surface area contributed by atoms with Gasteiger partial charge in [0.2, 0.25) is 0 Å². The highest BCUT2D eigenvalue weighted by molar-refractivity contribution is 9.10. The van der Waals surface area contributed by atoms with Gasteiger partial charge in [0.1, 0.15) is 5.82 Å². The summed E-state index contributed by atoms with van der Waals surface area (Å²) in [6.45, 7) is 7.52. The third kappa shape index (κ3) is 2.94. The Bertz CT molecular complexity index is 595. The molecule has 0 radical (unpaired) electrons. The minimum atomic E-state index is -0.174. The smallest absolute Gasteiger partial charge is 0.126 e. The Hall–Kier alpha value is -1.20. The number of rotatable bonds is 5. The van der Waals surface area contributed by atoms with Crippen molar-refractivity contribution in [1.29, 1.82) is 0 Å². The first-order chi connectivity index (χ1) is 9.58. The normalized spacial score (nSPS) is 12.7. The van der Waals surface area contributed by atoms with Crippen LogP contribution in [0.4, 0.5) is 4.39 Å². The summed E-state index contributed by atoms with van der Waals surface area (Å²) in [5.41, 5.74) is 2.77. The highest BCUT2D eigenvalue weighted by atomic mass is 79.9. The molecule has 1 aromatic carbocycles. The molecule has 1 unspecified atom stereocenters. The lowest BCUT2D eigenvalue weighted by atomic mass is 10.0. The summed E-state index contributed by atoms with van der Waals surface area (Å²) in [6, 6.07) is 5.24. The predicted molar refractivity (Wildman–Crippen MR) is 82.3 cm³/mol. The van der Waals surface area contributed by atoms with Crippen molar-refractivity contribution in [2.45, 2.75) is 33.4 Å². The second-order valence-electron chi connectivity index (χ2n) is 4.69. The van der Waals surface area contributed by atoms with E-state index in [0.29, 0.717) is 5.56 Å². The largest absolute Gasteiger partial charge is 0.305 e. The zero-order chi connectivity index (χ0) is 14.7. The molecule has 0 bridgehead atoms. The molecule has 108 valence electrons. The summed E-state index contributed by atoms with van der Waals surface area (Å²) in [4.78, 5) is 0. The molecule has 1 atom stereocenters. The van der Waals surface area contributed by atoms with Crippen LogP contribution < -0.4 is 5.32 Å². The van der Waals surface area contributed by atoms with E-state index in [2.05, 4.69) is 40.2 Å². The third-order valence-electron chi connectivity index (χ3n) is 3.33. The number of aromatic nitrogens is 2. The topological polar surface area (TPSA) is 29.9 Å². The van der Waals surface area contributed by atoms with Crippen molar-refractivity contribution in [2.24, 2.45) is 0 Å². The number of hydrogen-bond acceptors (Lipinski definition) is 2. The molecule has 20 heavy (non-hydrogen) atoms. The van der Waals surface area contributed by atoms with E-state index in [9.17, 15) is 4.39 Å². The van der Waals surface area contributed by atoms with Gasteiger partial charge in [-0.15, -0.1) is 0 Å². The molecule has 5 heteroatoms. The molecule has 3 nitrogen and oxygen atoms in total. The summed E-state index contributed by atoms with van der Waals surface area (Å²) in [5.74, 6) is -0.174. The average Bonchev–Trinajstić information content (AvgIpc) is 2.80. The lowest BCUT2D eigenvalue weighted by molar-refractivity contribution is 0.539. The standard InChI is InChI=1S/C15H19BrFN3/c1-4-18-14(11-6-7-13(17)10(3)8-11)15-12(16)9-19-20(15)5-2/h6-9,14,18H,4-5H2,1-3H3. The van der Waals surface area contributed by atoms with Gasteiger partial charge in [-0.2, -0.15) is 5.10 Å². The maximum atomic E-state index is 13.5. The molecule has 0 fully saturated rings. The Balaban J connectivity index is 2.49. The van der Waals surface area contributed by atoms with Gasteiger partial charge in [-0.1, -0.05) is 19.1 Å². The molecule has 1 aromatic heterocycles. The quantitative estimate of drug-likeness (QED) is 0.897. The van der Waals surface area contributed by atoms with Crippen molar-refractivity contribution in [1.82, 2.24) is 15.1 Å². The second kappa shape index (κ2) is 6.50. The molecule has 0 spiro atoms. The van der Waals surface area contributed by atoms with Gasteiger partial charge in [0.05, 0.1) is 22.4 Å². The van der Waals surface area contributed by atoms with Crippen LogP contribution in [-0.4, -0.2) is 16.3 Å². The number of nitrogens with one attached hydrogen (secondary N) is 1. The molecule has 0 amide bonds. The minimum Gasteiger partial charge on any atom is -0.305 e. The average molecular weight is 340 g/mol. The molecule has 2 rings (SSSR count). The fourth-order valence-electron chi connectivity index (χ4n) is 2.33. The van der Waals surface area contributed by atoms with E-state index < -0.39 is 0 Å². The number of hydrogen-bond donors (Lipinski definition) is 1. The SMILES string of the molecule is CCNC(c1ccc(F)c(C)c1)c1c(Br)cnn1CC. The van der Waals surface area contributed by atoms with Crippen LogP contribution in [0, 0.1) is 12.7 Å². The first-order valence-electron chi connectivity index (χ1n) is 6.79. The highest BCUT2D eigenvalue weighted by Crippen LogP contribution is 2.29. The number of nitrogens with zero attached hydrogens (tertiary/aromatic N) is 2. The van der Waals surface area contributed by atoms with E-state index in [-0.39, 0.29) is 11.9 Å². The molecular formula is C15H19BrFN3. The molecule has 0 saturated heterocycles. The molecule has 2 aromatic rings. The van der Waals surface area contributed by atoms with Crippen molar-refractivity contribution in [3.05, 3.63) is 51.5 Å².